The first-order valence-electron chi connectivity index (χ1n) is 9.18. The van der Waals surface area contributed by atoms with Crippen molar-refractivity contribution in [2.45, 2.75) is 33.7 Å². The Morgan fingerprint density at radius 3 is 2.37 bits per heavy atom. The first-order valence-corrected chi connectivity index (χ1v) is 10.8. The van der Waals surface area contributed by atoms with Gasteiger partial charge in [0.05, 0.1) is 5.75 Å². The molecular weight excluding hydrogens is 360 g/mol. The van der Waals surface area contributed by atoms with Crippen LogP contribution in [0.25, 0.3) is 0 Å². The zero-order valence-corrected chi connectivity index (χ0v) is 16.9. The van der Waals surface area contributed by atoms with Crippen LogP contribution in [-0.2, 0) is 23.0 Å². The Hall–Kier alpha value is -2.18. The molecule has 0 bridgehead atoms. The molecule has 2 aromatic carbocycles. The van der Waals surface area contributed by atoms with Crippen LogP contribution < -0.4 is 5.32 Å². The van der Waals surface area contributed by atoms with Crippen LogP contribution in [0.5, 0.6) is 0 Å². The number of hydrogen-bond donors (Lipinski definition) is 1. The van der Waals surface area contributed by atoms with Gasteiger partial charge in [-0.05, 0) is 49.4 Å². The predicted octanol–water partition coefficient (Wildman–Crippen LogP) is 2.73. The maximum atomic E-state index is 12.7. The predicted molar refractivity (Wildman–Crippen MR) is 107 cm³/mol. The lowest BCUT2D eigenvalue weighted by atomic mass is 9.99. The van der Waals surface area contributed by atoms with Crippen molar-refractivity contribution in [1.82, 2.24) is 9.62 Å². The van der Waals surface area contributed by atoms with E-state index in [1.165, 1.54) is 9.87 Å². The van der Waals surface area contributed by atoms with Gasteiger partial charge in [0.2, 0.25) is 10.0 Å². The van der Waals surface area contributed by atoms with Gasteiger partial charge in [0, 0.05) is 25.2 Å². The first kappa shape index (κ1) is 19.6. The van der Waals surface area contributed by atoms with Crippen LogP contribution in [0.15, 0.2) is 36.4 Å². The molecule has 1 aliphatic heterocycles. The van der Waals surface area contributed by atoms with Crippen molar-refractivity contribution in [2.24, 2.45) is 0 Å². The molecule has 0 aliphatic carbocycles. The monoisotopic (exact) mass is 386 g/mol. The smallest absolute Gasteiger partial charge is 0.251 e. The van der Waals surface area contributed by atoms with Crippen molar-refractivity contribution in [3.63, 3.8) is 0 Å². The largest absolute Gasteiger partial charge is 0.351 e. The number of sulfonamides is 1. The second kappa shape index (κ2) is 7.82. The molecule has 0 unspecified atom stereocenters. The second-order valence-electron chi connectivity index (χ2n) is 7.20. The highest BCUT2D eigenvalue weighted by molar-refractivity contribution is 7.89. The standard InChI is InChI=1S/C21H26N2O3S/c1-15-12-16(2)20(17(3)13-15)21(24)22-9-11-27(25,26)23-10-8-18-6-4-5-7-19(18)14-23/h4-7,12-13H,8-11,14H2,1-3H3,(H,22,24). The summed E-state index contributed by atoms with van der Waals surface area (Å²) in [4.78, 5) is 12.5. The lowest BCUT2D eigenvalue weighted by Gasteiger charge is -2.28. The Kier molecular flexibility index (Phi) is 5.67. The summed E-state index contributed by atoms with van der Waals surface area (Å²) < 4.78 is 26.9. The van der Waals surface area contributed by atoms with E-state index in [9.17, 15) is 13.2 Å². The third kappa shape index (κ3) is 4.39. The molecule has 1 aliphatic rings. The van der Waals surface area contributed by atoms with Gasteiger partial charge in [-0.2, -0.15) is 4.31 Å². The number of amides is 1. The fourth-order valence-corrected chi connectivity index (χ4v) is 5.08. The van der Waals surface area contributed by atoms with Gasteiger partial charge in [0.25, 0.3) is 5.91 Å². The Bertz CT molecular complexity index is 944. The molecule has 1 amide bonds. The van der Waals surface area contributed by atoms with Crippen LogP contribution in [0.2, 0.25) is 0 Å². The van der Waals surface area contributed by atoms with Gasteiger partial charge in [0.15, 0.2) is 0 Å². The molecule has 0 fully saturated rings. The molecule has 0 radical (unpaired) electrons. The SMILES string of the molecule is Cc1cc(C)c(C(=O)NCCS(=O)(=O)N2CCc3ccccc3C2)c(C)c1. The first-order chi connectivity index (χ1) is 12.8. The van der Waals surface area contributed by atoms with Crippen molar-refractivity contribution in [3.8, 4) is 0 Å². The molecule has 5 nitrogen and oxygen atoms in total. The van der Waals surface area contributed by atoms with Gasteiger partial charge in [-0.15, -0.1) is 0 Å². The van der Waals surface area contributed by atoms with Gasteiger partial charge in [-0.3, -0.25) is 4.79 Å². The minimum atomic E-state index is -3.41. The summed E-state index contributed by atoms with van der Waals surface area (Å²) in [6, 6.07) is 11.9. The average Bonchev–Trinajstić information content (AvgIpc) is 2.60. The third-order valence-corrected chi connectivity index (χ3v) is 6.86. The number of fused-ring (bicyclic) bond motifs is 1. The van der Waals surface area contributed by atoms with Crippen LogP contribution in [0, 0.1) is 20.8 Å². The van der Waals surface area contributed by atoms with Gasteiger partial charge in [-0.25, -0.2) is 8.42 Å². The maximum Gasteiger partial charge on any atom is 0.251 e. The fourth-order valence-electron chi connectivity index (χ4n) is 3.76. The molecule has 27 heavy (non-hydrogen) atoms. The van der Waals surface area contributed by atoms with E-state index in [2.05, 4.69) is 5.32 Å². The van der Waals surface area contributed by atoms with Gasteiger partial charge in [-0.1, -0.05) is 42.0 Å². The lowest BCUT2D eigenvalue weighted by Crippen LogP contribution is -2.40. The van der Waals surface area contributed by atoms with Crippen LogP contribution >= 0.6 is 0 Å². The average molecular weight is 387 g/mol. The number of nitrogens with one attached hydrogen (secondary N) is 1. The Balaban J connectivity index is 1.61. The number of carbonyl (C=O) groups excluding carboxylic acids is 1. The Labute approximate surface area is 161 Å². The van der Waals surface area contributed by atoms with Crippen molar-refractivity contribution in [2.75, 3.05) is 18.8 Å². The fraction of sp³-hybridized carbons (Fsp3) is 0.381. The van der Waals surface area contributed by atoms with E-state index in [0.717, 1.165) is 28.7 Å². The topological polar surface area (TPSA) is 66.5 Å². The molecule has 0 aromatic heterocycles. The summed E-state index contributed by atoms with van der Waals surface area (Å²) in [6.45, 7) is 6.79. The van der Waals surface area contributed by atoms with E-state index in [1.54, 1.807) is 0 Å². The number of aryl methyl sites for hydroxylation is 3. The summed E-state index contributed by atoms with van der Waals surface area (Å²) in [7, 11) is -3.41. The molecule has 0 saturated carbocycles. The number of nitrogens with zero attached hydrogens (tertiary/aromatic N) is 1. The van der Waals surface area contributed by atoms with E-state index in [4.69, 9.17) is 0 Å². The van der Waals surface area contributed by atoms with Crippen molar-refractivity contribution >= 4 is 15.9 Å². The van der Waals surface area contributed by atoms with Crippen LogP contribution in [0.3, 0.4) is 0 Å². The highest BCUT2D eigenvalue weighted by Crippen LogP contribution is 2.21. The van der Waals surface area contributed by atoms with Gasteiger partial charge >= 0.3 is 0 Å². The summed E-state index contributed by atoms with van der Waals surface area (Å²) in [5.41, 5.74) is 5.81. The summed E-state index contributed by atoms with van der Waals surface area (Å²) >= 11 is 0. The molecule has 1 heterocycles. The maximum absolute atomic E-state index is 12.7. The number of rotatable bonds is 5. The molecule has 0 saturated heterocycles. The Morgan fingerprint density at radius 1 is 1.07 bits per heavy atom. The molecule has 6 heteroatoms. The van der Waals surface area contributed by atoms with Crippen molar-refractivity contribution in [3.05, 3.63) is 69.8 Å². The summed E-state index contributed by atoms with van der Waals surface area (Å²) in [5, 5.41) is 2.77. The van der Waals surface area contributed by atoms with Gasteiger partial charge < -0.3 is 5.32 Å². The summed E-state index contributed by atoms with van der Waals surface area (Å²) in [6.07, 6.45) is 0.726. The quantitative estimate of drug-likeness (QED) is 0.859. The number of carbonyl (C=O) groups is 1. The third-order valence-electron chi connectivity index (χ3n) is 5.04. The Morgan fingerprint density at radius 2 is 1.70 bits per heavy atom. The minimum absolute atomic E-state index is 0.0924. The van der Waals surface area contributed by atoms with E-state index in [0.29, 0.717) is 18.7 Å². The molecule has 3 rings (SSSR count). The van der Waals surface area contributed by atoms with Crippen LogP contribution in [0.1, 0.15) is 38.2 Å². The van der Waals surface area contributed by atoms with Crippen molar-refractivity contribution < 1.29 is 13.2 Å². The second-order valence-corrected chi connectivity index (χ2v) is 9.29. The molecular formula is C21H26N2O3S. The number of hydrogen-bond acceptors (Lipinski definition) is 3. The molecule has 144 valence electrons. The summed E-state index contributed by atoms with van der Waals surface area (Å²) in [5.74, 6) is -0.311. The molecule has 2 aromatic rings. The molecule has 1 N–H and O–H groups in total. The van der Waals surface area contributed by atoms with E-state index >= 15 is 0 Å². The van der Waals surface area contributed by atoms with E-state index in [1.807, 2.05) is 57.2 Å². The normalized spacial score (nSPS) is 14.6. The molecule has 0 spiro atoms. The van der Waals surface area contributed by atoms with Crippen LogP contribution in [0.4, 0.5) is 0 Å². The lowest BCUT2D eigenvalue weighted by molar-refractivity contribution is 0.0955. The van der Waals surface area contributed by atoms with Crippen LogP contribution in [-0.4, -0.2) is 37.5 Å². The molecule has 0 atom stereocenters. The highest BCUT2D eigenvalue weighted by atomic mass is 32.2. The zero-order chi connectivity index (χ0) is 19.6. The van der Waals surface area contributed by atoms with Gasteiger partial charge in [0.1, 0.15) is 0 Å². The van der Waals surface area contributed by atoms with Crippen molar-refractivity contribution in [1.29, 1.82) is 0 Å². The zero-order valence-electron chi connectivity index (χ0n) is 16.1. The minimum Gasteiger partial charge on any atom is -0.351 e. The van der Waals surface area contributed by atoms with E-state index in [-0.39, 0.29) is 18.2 Å². The number of benzene rings is 2. The van der Waals surface area contributed by atoms with E-state index < -0.39 is 10.0 Å². The highest BCUT2D eigenvalue weighted by Gasteiger charge is 2.26.